The fraction of sp³-hybridized carbons (Fsp3) is 0.0909. The highest BCUT2D eigenvalue weighted by Gasteiger charge is 2.21. The maximum absolute atomic E-state index is 14.2. The Hall–Kier alpha value is -3.20. The van der Waals surface area contributed by atoms with Gasteiger partial charge in [-0.15, -0.1) is 0 Å². The van der Waals surface area contributed by atoms with Crippen molar-refractivity contribution in [3.8, 4) is 5.69 Å². The number of anilines is 1. The lowest BCUT2D eigenvalue weighted by Gasteiger charge is -2.22. The summed E-state index contributed by atoms with van der Waals surface area (Å²) in [5.41, 5.74) is 1.52. The molecule has 0 aliphatic heterocycles. The van der Waals surface area contributed by atoms with Crippen LogP contribution in [0.5, 0.6) is 0 Å². The number of hydrogen-bond acceptors (Lipinski definition) is 5. The zero-order valence-electron chi connectivity index (χ0n) is 16.9. The van der Waals surface area contributed by atoms with Gasteiger partial charge in [-0.3, -0.25) is 9.36 Å². The fourth-order valence-electron chi connectivity index (χ4n) is 3.74. The highest BCUT2D eigenvalue weighted by atomic mass is 35.5. The van der Waals surface area contributed by atoms with Gasteiger partial charge in [0.1, 0.15) is 17.7 Å². The molecule has 0 saturated heterocycles. The molecule has 0 bridgehead atoms. The number of aromatic amines is 1. The molecule has 33 heavy (non-hydrogen) atoms. The van der Waals surface area contributed by atoms with Crippen LogP contribution in [-0.2, 0) is 0 Å². The van der Waals surface area contributed by atoms with Crippen molar-refractivity contribution in [1.82, 2.24) is 24.5 Å². The molecule has 5 rings (SSSR count). The van der Waals surface area contributed by atoms with Gasteiger partial charge in [-0.25, -0.2) is 19.3 Å². The van der Waals surface area contributed by atoms with Gasteiger partial charge < -0.3 is 10.3 Å². The molecule has 0 saturated carbocycles. The number of halogens is 4. The van der Waals surface area contributed by atoms with Gasteiger partial charge in [-0.05, 0) is 42.6 Å². The lowest BCUT2D eigenvalue weighted by atomic mass is 10.1. The van der Waals surface area contributed by atoms with E-state index in [4.69, 9.17) is 34.8 Å². The monoisotopic (exact) mass is 502 g/mol. The van der Waals surface area contributed by atoms with Crippen molar-refractivity contribution in [2.75, 3.05) is 5.32 Å². The summed E-state index contributed by atoms with van der Waals surface area (Å²) in [6.45, 7) is 1.85. The zero-order valence-corrected chi connectivity index (χ0v) is 19.2. The molecule has 0 fully saturated rings. The van der Waals surface area contributed by atoms with Crippen molar-refractivity contribution < 1.29 is 4.39 Å². The zero-order chi connectivity index (χ0) is 23.3. The van der Waals surface area contributed by atoms with Crippen LogP contribution in [0.1, 0.15) is 18.7 Å². The maximum Gasteiger partial charge on any atom is 0.264 e. The molecule has 0 amide bonds. The minimum atomic E-state index is -0.684. The summed E-state index contributed by atoms with van der Waals surface area (Å²) in [7, 11) is 0. The lowest BCUT2D eigenvalue weighted by molar-refractivity contribution is 0.629. The van der Waals surface area contributed by atoms with Crippen molar-refractivity contribution in [3.05, 3.63) is 86.0 Å². The predicted octanol–water partition coefficient (Wildman–Crippen LogP) is 5.93. The van der Waals surface area contributed by atoms with Gasteiger partial charge in [0.2, 0.25) is 0 Å². The van der Waals surface area contributed by atoms with Crippen LogP contribution in [0.15, 0.2) is 53.8 Å². The van der Waals surface area contributed by atoms with Crippen LogP contribution in [0.2, 0.25) is 15.1 Å². The summed E-state index contributed by atoms with van der Waals surface area (Å²) < 4.78 is 15.6. The second-order valence-corrected chi connectivity index (χ2v) is 8.54. The van der Waals surface area contributed by atoms with E-state index in [9.17, 15) is 9.18 Å². The first-order chi connectivity index (χ1) is 15.8. The van der Waals surface area contributed by atoms with Crippen LogP contribution in [0, 0.1) is 5.82 Å². The minimum Gasteiger partial charge on any atom is -0.360 e. The first-order valence-electron chi connectivity index (χ1n) is 9.75. The van der Waals surface area contributed by atoms with E-state index >= 15 is 0 Å². The molecule has 0 spiro atoms. The molecule has 2 aromatic carbocycles. The number of pyridine rings is 1. The average Bonchev–Trinajstić information content (AvgIpc) is 3.27. The average molecular weight is 504 g/mol. The van der Waals surface area contributed by atoms with Gasteiger partial charge in [0.15, 0.2) is 11.5 Å². The van der Waals surface area contributed by atoms with E-state index in [1.165, 1.54) is 35.4 Å². The molecule has 166 valence electrons. The van der Waals surface area contributed by atoms with Crippen LogP contribution in [0.25, 0.3) is 27.6 Å². The topological polar surface area (TPSA) is 88.5 Å². The number of hydrogen-bond donors (Lipinski definition) is 2. The molecular formula is C22H14Cl3FN6O. The third-order valence-electron chi connectivity index (χ3n) is 5.27. The third kappa shape index (κ3) is 3.70. The van der Waals surface area contributed by atoms with E-state index in [0.717, 1.165) is 0 Å². The molecule has 2 N–H and O–H groups in total. The van der Waals surface area contributed by atoms with Gasteiger partial charge in [0.25, 0.3) is 5.56 Å². The van der Waals surface area contributed by atoms with Crippen LogP contribution in [0.4, 0.5) is 10.2 Å². The normalized spacial score (nSPS) is 12.4. The van der Waals surface area contributed by atoms with Crippen molar-refractivity contribution in [2.45, 2.75) is 13.0 Å². The molecule has 7 nitrogen and oxygen atoms in total. The Morgan fingerprint density at radius 1 is 1.09 bits per heavy atom. The van der Waals surface area contributed by atoms with Crippen LogP contribution in [-0.4, -0.2) is 24.5 Å². The van der Waals surface area contributed by atoms with Gasteiger partial charge in [0, 0.05) is 10.7 Å². The highest BCUT2D eigenvalue weighted by Crippen LogP contribution is 2.32. The molecule has 5 aromatic rings. The molecule has 0 aliphatic carbocycles. The van der Waals surface area contributed by atoms with Crippen LogP contribution in [0.3, 0.4) is 0 Å². The van der Waals surface area contributed by atoms with Crippen molar-refractivity contribution in [2.24, 2.45) is 0 Å². The Morgan fingerprint density at radius 2 is 1.91 bits per heavy atom. The SMILES string of the molecule is CC(Nc1ncnc2[nH]cnc12)c1cc2ccc(F)c(Cl)c2c(=O)n1-c1ccc(Cl)cc1Cl. The number of rotatable bonds is 4. The summed E-state index contributed by atoms with van der Waals surface area (Å²) in [5, 5.41) is 4.23. The number of nitrogens with zero attached hydrogens (tertiary/aromatic N) is 4. The van der Waals surface area contributed by atoms with Gasteiger partial charge >= 0.3 is 0 Å². The number of nitrogens with one attached hydrogen (secondary N) is 2. The second-order valence-electron chi connectivity index (χ2n) is 7.32. The summed E-state index contributed by atoms with van der Waals surface area (Å²) in [4.78, 5) is 29.2. The highest BCUT2D eigenvalue weighted by molar-refractivity contribution is 6.36. The standard InChI is InChI=1S/C22H14Cl3FN6O/c1-10(31-21-19-20(28-8-27-19)29-9-30-21)16-6-11-2-4-14(26)18(25)17(11)22(33)32(16)15-5-3-12(23)7-13(15)24/h2-10H,1H3,(H2,27,28,29,30,31). The Kier molecular flexibility index (Phi) is 5.44. The van der Waals surface area contributed by atoms with E-state index in [2.05, 4.69) is 25.3 Å². The smallest absolute Gasteiger partial charge is 0.264 e. The Morgan fingerprint density at radius 3 is 2.70 bits per heavy atom. The fourth-order valence-corrected chi connectivity index (χ4v) is 4.48. The first kappa shape index (κ1) is 21.6. The molecule has 3 aromatic heterocycles. The third-order valence-corrected chi connectivity index (χ3v) is 6.18. The van der Waals surface area contributed by atoms with E-state index in [1.54, 1.807) is 18.2 Å². The summed E-state index contributed by atoms with van der Waals surface area (Å²) in [6, 6.07) is 8.81. The van der Waals surface area contributed by atoms with Crippen LogP contribution >= 0.6 is 34.8 Å². The Bertz CT molecular complexity index is 1600. The van der Waals surface area contributed by atoms with E-state index in [0.29, 0.717) is 38.8 Å². The van der Waals surface area contributed by atoms with Gasteiger partial charge in [0.05, 0.1) is 33.5 Å². The number of benzene rings is 2. The molecular weight excluding hydrogens is 490 g/mol. The van der Waals surface area contributed by atoms with E-state index < -0.39 is 17.4 Å². The largest absolute Gasteiger partial charge is 0.360 e. The summed E-state index contributed by atoms with van der Waals surface area (Å²) in [6.07, 6.45) is 2.92. The van der Waals surface area contributed by atoms with Crippen molar-refractivity contribution >= 4 is 62.6 Å². The second kappa shape index (κ2) is 8.30. The van der Waals surface area contributed by atoms with Crippen molar-refractivity contribution in [1.29, 1.82) is 0 Å². The van der Waals surface area contributed by atoms with Crippen molar-refractivity contribution in [3.63, 3.8) is 0 Å². The first-order valence-corrected chi connectivity index (χ1v) is 10.9. The summed E-state index contributed by atoms with van der Waals surface area (Å²) in [5.74, 6) is -0.206. The minimum absolute atomic E-state index is 0.0513. The lowest BCUT2D eigenvalue weighted by Crippen LogP contribution is -2.26. The number of imidazole rings is 1. The van der Waals surface area contributed by atoms with E-state index in [1.807, 2.05) is 6.92 Å². The molecule has 11 heteroatoms. The maximum atomic E-state index is 14.2. The molecule has 1 atom stereocenters. The number of aromatic nitrogens is 5. The Balaban J connectivity index is 1.76. The predicted molar refractivity (Wildman–Crippen MR) is 128 cm³/mol. The molecule has 0 radical (unpaired) electrons. The van der Waals surface area contributed by atoms with E-state index in [-0.39, 0.29) is 15.4 Å². The quantitative estimate of drug-likeness (QED) is 0.317. The Labute approximate surface area is 201 Å². The molecule has 0 aliphatic rings. The molecule has 1 unspecified atom stereocenters. The summed E-state index contributed by atoms with van der Waals surface area (Å²) >= 11 is 18.7. The number of H-pyrrole nitrogens is 1. The van der Waals surface area contributed by atoms with Gasteiger partial charge in [-0.1, -0.05) is 40.9 Å². The number of fused-ring (bicyclic) bond motifs is 2. The van der Waals surface area contributed by atoms with Gasteiger partial charge in [-0.2, -0.15) is 0 Å². The molecule has 3 heterocycles. The van der Waals surface area contributed by atoms with Crippen LogP contribution < -0.4 is 10.9 Å².